The molecule has 0 radical (unpaired) electrons. The third kappa shape index (κ3) is 3.62. The molecule has 120 valence electrons. The van der Waals surface area contributed by atoms with E-state index in [1.807, 2.05) is 12.1 Å². The number of amides is 2. The molecule has 2 aliphatic heterocycles. The molecule has 0 spiro atoms. The van der Waals surface area contributed by atoms with Gasteiger partial charge < -0.3 is 20.1 Å². The fourth-order valence-electron chi connectivity index (χ4n) is 2.57. The second-order valence-electron chi connectivity index (χ2n) is 5.52. The number of benzene rings is 1. The van der Waals surface area contributed by atoms with E-state index < -0.39 is 9.84 Å². The highest BCUT2D eigenvalue weighted by Crippen LogP contribution is 2.32. The Balaban J connectivity index is 1.43. The van der Waals surface area contributed by atoms with Crippen molar-refractivity contribution < 1.29 is 22.7 Å². The lowest BCUT2D eigenvalue weighted by Gasteiger charge is -2.11. The topological polar surface area (TPSA) is 93.7 Å². The van der Waals surface area contributed by atoms with Crippen molar-refractivity contribution in [1.29, 1.82) is 0 Å². The van der Waals surface area contributed by atoms with Crippen LogP contribution in [0, 0.1) is 5.92 Å². The summed E-state index contributed by atoms with van der Waals surface area (Å²) < 4.78 is 33.2. The number of nitrogens with one attached hydrogen (secondary N) is 2. The SMILES string of the molecule is O=C(NCc1ccc2c(c1)OCO2)NC[C@@H]1CCS(=O)(=O)C1. The monoisotopic (exact) mass is 326 g/mol. The van der Waals surface area contributed by atoms with E-state index in [1.165, 1.54) is 0 Å². The van der Waals surface area contributed by atoms with E-state index >= 15 is 0 Å². The zero-order chi connectivity index (χ0) is 15.6. The quantitative estimate of drug-likeness (QED) is 0.847. The third-order valence-electron chi connectivity index (χ3n) is 3.77. The predicted octanol–water partition coefficient (Wildman–Crippen LogP) is 0.649. The minimum Gasteiger partial charge on any atom is -0.454 e. The number of rotatable bonds is 4. The van der Waals surface area contributed by atoms with Crippen molar-refractivity contribution in [2.24, 2.45) is 5.92 Å². The highest BCUT2D eigenvalue weighted by atomic mass is 32.2. The summed E-state index contributed by atoms with van der Waals surface area (Å²) in [5, 5.41) is 5.45. The van der Waals surface area contributed by atoms with Gasteiger partial charge in [-0.15, -0.1) is 0 Å². The largest absolute Gasteiger partial charge is 0.454 e. The van der Waals surface area contributed by atoms with Crippen molar-refractivity contribution in [3.8, 4) is 11.5 Å². The molecule has 1 aromatic carbocycles. The Hall–Kier alpha value is -1.96. The minimum atomic E-state index is -2.90. The van der Waals surface area contributed by atoms with Gasteiger partial charge in [0.1, 0.15) is 0 Å². The number of ether oxygens (including phenoxy) is 2. The number of carbonyl (C=O) groups is 1. The van der Waals surface area contributed by atoms with Crippen LogP contribution in [0.2, 0.25) is 0 Å². The lowest BCUT2D eigenvalue weighted by molar-refractivity contribution is 0.174. The van der Waals surface area contributed by atoms with Gasteiger partial charge in [0, 0.05) is 13.1 Å². The molecule has 7 nitrogen and oxygen atoms in total. The zero-order valence-electron chi connectivity index (χ0n) is 12.0. The van der Waals surface area contributed by atoms with Gasteiger partial charge in [-0.25, -0.2) is 13.2 Å². The molecule has 2 aliphatic rings. The van der Waals surface area contributed by atoms with E-state index in [2.05, 4.69) is 10.6 Å². The first kappa shape index (κ1) is 15.0. The molecule has 3 rings (SSSR count). The average Bonchev–Trinajstić information content (AvgIpc) is 3.08. The smallest absolute Gasteiger partial charge is 0.315 e. The summed E-state index contributed by atoms with van der Waals surface area (Å²) in [6.07, 6.45) is 0.616. The van der Waals surface area contributed by atoms with Gasteiger partial charge in [0.05, 0.1) is 11.5 Å². The Morgan fingerprint density at radius 3 is 2.82 bits per heavy atom. The molecule has 1 atom stereocenters. The van der Waals surface area contributed by atoms with E-state index in [0.29, 0.717) is 31.0 Å². The predicted molar refractivity (Wildman–Crippen MR) is 79.6 cm³/mol. The van der Waals surface area contributed by atoms with Crippen LogP contribution in [0.3, 0.4) is 0 Å². The number of hydrogen-bond acceptors (Lipinski definition) is 5. The van der Waals surface area contributed by atoms with Crippen molar-refractivity contribution >= 4 is 15.9 Å². The second kappa shape index (κ2) is 6.04. The van der Waals surface area contributed by atoms with Crippen LogP contribution >= 0.6 is 0 Å². The number of urea groups is 1. The van der Waals surface area contributed by atoms with Gasteiger partial charge in [-0.2, -0.15) is 0 Å². The summed E-state index contributed by atoms with van der Waals surface area (Å²) in [6, 6.07) is 5.19. The Morgan fingerprint density at radius 1 is 1.23 bits per heavy atom. The summed E-state index contributed by atoms with van der Waals surface area (Å²) >= 11 is 0. The Morgan fingerprint density at radius 2 is 2.05 bits per heavy atom. The van der Waals surface area contributed by atoms with Crippen LogP contribution < -0.4 is 20.1 Å². The van der Waals surface area contributed by atoms with E-state index in [-0.39, 0.29) is 30.2 Å². The molecule has 1 aromatic rings. The van der Waals surface area contributed by atoms with Crippen molar-refractivity contribution in [1.82, 2.24) is 10.6 Å². The molecule has 0 saturated carbocycles. The fraction of sp³-hybridized carbons (Fsp3) is 0.500. The van der Waals surface area contributed by atoms with E-state index in [1.54, 1.807) is 6.07 Å². The molecule has 2 amide bonds. The molecule has 0 aliphatic carbocycles. The number of fused-ring (bicyclic) bond motifs is 1. The van der Waals surface area contributed by atoms with Gasteiger partial charge in [-0.05, 0) is 30.0 Å². The summed E-state index contributed by atoms with van der Waals surface area (Å²) in [7, 11) is -2.90. The number of sulfone groups is 1. The molecule has 0 unspecified atom stereocenters. The average molecular weight is 326 g/mol. The number of carbonyl (C=O) groups excluding carboxylic acids is 1. The Bertz CT molecular complexity index is 674. The van der Waals surface area contributed by atoms with Gasteiger partial charge in [0.2, 0.25) is 6.79 Å². The molecule has 1 fully saturated rings. The third-order valence-corrected chi connectivity index (χ3v) is 5.61. The maximum absolute atomic E-state index is 11.7. The molecule has 8 heteroatoms. The highest BCUT2D eigenvalue weighted by molar-refractivity contribution is 7.91. The lowest BCUT2D eigenvalue weighted by Crippen LogP contribution is -2.38. The van der Waals surface area contributed by atoms with Crippen LogP contribution in [0.25, 0.3) is 0 Å². The van der Waals surface area contributed by atoms with Gasteiger partial charge in [0.15, 0.2) is 21.3 Å². The zero-order valence-corrected chi connectivity index (χ0v) is 12.8. The van der Waals surface area contributed by atoms with Crippen LogP contribution in [-0.2, 0) is 16.4 Å². The van der Waals surface area contributed by atoms with E-state index in [9.17, 15) is 13.2 Å². The Labute approximate surface area is 128 Å². The fourth-order valence-corrected chi connectivity index (χ4v) is 4.43. The first-order valence-electron chi connectivity index (χ1n) is 7.12. The molecular weight excluding hydrogens is 308 g/mol. The van der Waals surface area contributed by atoms with Crippen LogP contribution in [0.1, 0.15) is 12.0 Å². The summed E-state index contributed by atoms with van der Waals surface area (Å²) in [5.74, 6) is 1.78. The summed E-state index contributed by atoms with van der Waals surface area (Å²) in [5.41, 5.74) is 0.905. The molecule has 22 heavy (non-hydrogen) atoms. The molecular formula is C14H18N2O5S. The molecule has 2 N–H and O–H groups in total. The molecule has 0 aromatic heterocycles. The van der Waals surface area contributed by atoms with Crippen molar-refractivity contribution in [3.05, 3.63) is 23.8 Å². The van der Waals surface area contributed by atoms with Gasteiger partial charge >= 0.3 is 6.03 Å². The van der Waals surface area contributed by atoms with Gasteiger partial charge in [-0.3, -0.25) is 0 Å². The molecule has 0 bridgehead atoms. The van der Waals surface area contributed by atoms with Gasteiger partial charge in [-0.1, -0.05) is 6.07 Å². The summed E-state index contributed by atoms with van der Waals surface area (Å²) in [4.78, 5) is 11.7. The van der Waals surface area contributed by atoms with E-state index in [4.69, 9.17) is 9.47 Å². The minimum absolute atomic E-state index is 0.0151. The standard InChI is InChI=1S/C14H18N2O5S/c17-14(16-7-11-3-4-22(18,19)8-11)15-6-10-1-2-12-13(5-10)21-9-20-12/h1-2,5,11H,3-4,6-9H2,(H2,15,16,17)/t11-/m0/s1. The van der Waals surface area contributed by atoms with E-state index in [0.717, 1.165) is 5.56 Å². The second-order valence-corrected chi connectivity index (χ2v) is 7.75. The molecule has 2 heterocycles. The van der Waals surface area contributed by atoms with Crippen molar-refractivity contribution in [2.45, 2.75) is 13.0 Å². The van der Waals surface area contributed by atoms with Crippen LogP contribution in [0.15, 0.2) is 18.2 Å². The van der Waals surface area contributed by atoms with Crippen molar-refractivity contribution in [3.63, 3.8) is 0 Å². The first-order chi connectivity index (χ1) is 10.5. The summed E-state index contributed by atoms with van der Waals surface area (Å²) in [6.45, 7) is 0.967. The van der Waals surface area contributed by atoms with Crippen LogP contribution in [0.4, 0.5) is 4.79 Å². The normalized spacial score (nSPS) is 21.5. The molecule has 1 saturated heterocycles. The first-order valence-corrected chi connectivity index (χ1v) is 8.95. The Kier molecular flexibility index (Phi) is 4.10. The highest BCUT2D eigenvalue weighted by Gasteiger charge is 2.27. The maximum atomic E-state index is 11.7. The number of hydrogen-bond donors (Lipinski definition) is 2. The maximum Gasteiger partial charge on any atom is 0.315 e. The van der Waals surface area contributed by atoms with Crippen molar-refractivity contribution in [2.75, 3.05) is 24.8 Å². The van der Waals surface area contributed by atoms with Crippen LogP contribution in [-0.4, -0.2) is 39.3 Å². The van der Waals surface area contributed by atoms with Crippen LogP contribution in [0.5, 0.6) is 11.5 Å². The van der Waals surface area contributed by atoms with Gasteiger partial charge in [0.25, 0.3) is 0 Å². The lowest BCUT2D eigenvalue weighted by atomic mass is 10.1.